The number of hydrogen-bond acceptors (Lipinski definition) is 2. The first-order valence-electron chi connectivity index (χ1n) is 8.16. The molecule has 0 spiro atoms. The molecule has 0 N–H and O–H groups in total. The minimum absolute atomic E-state index is 0.151. The fraction of sp³-hybridized carbons (Fsp3) is 1.00. The van der Waals surface area contributed by atoms with Crippen molar-refractivity contribution in [2.24, 2.45) is 0 Å². The smallest absolute Gasteiger partial charge is 0.181 e. The van der Waals surface area contributed by atoms with E-state index in [0.717, 1.165) is 13.2 Å². The number of rotatable bonds is 14. The van der Waals surface area contributed by atoms with Crippen molar-refractivity contribution in [3.8, 4) is 0 Å². The van der Waals surface area contributed by atoms with Crippen molar-refractivity contribution >= 4 is 0 Å². The maximum absolute atomic E-state index is 5.42. The molecule has 1 unspecified atom stereocenters. The molecule has 1 rings (SSSR count). The van der Waals surface area contributed by atoms with Crippen LogP contribution in [0.3, 0.4) is 0 Å². The average Bonchev–Trinajstić information content (AvgIpc) is 3.19. The molecule has 0 aromatic heterocycles. The Labute approximate surface area is 113 Å². The third-order valence-electron chi connectivity index (χ3n) is 3.60. The van der Waals surface area contributed by atoms with Gasteiger partial charge >= 0.3 is 0 Å². The highest BCUT2D eigenvalue weighted by Crippen LogP contribution is 2.13. The molecule has 108 valence electrons. The first-order valence-corrected chi connectivity index (χ1v) is 8.16. The first kappa shape index (κ1) is 16.0. The van der Waals surface area contributed by atoms with Gasteiger partial charge in [0.15, 0.2) is 6.29 Å². The second kappa shape index (κ2) is 12.0. The quantitative estimate of drug-likeness (QED) is 0.320. The van der Waals surface area contributed by atoms with Gasteiger partial charge in [-0.1, -0.05) is 77.6 Å². The van der Waals surface area contributed by atoms with Crippen molar-refractivity contribution in [1.82, 2.24) is 0 Å². The maximum Gasteiger partial charge on any atom is 0.181 e. The van der Waals surface area contributed by atoms with Crippen LogP contribution >= 0.6 is 0 Å². The van der Waals surface area contributed by atoms with Crippen LogP contribution in [-0.4, -0.2) is 19.5 Å². The van der Waals surface area contributed by atoms with E-state index < -0.39 is 0 Å². The Kier molecular flexibility index (Phi) is 10.6. The third kappa shape index (κ3) is 11.0. The van der Waals surface area contributed by atoms with Gasteiger partial charge in [0.05, 0.1) is 0 Å². The fourth-order valence-electron chi connectivity index (χ4n) is 2.29. The van der Waals surface area contributed by atoms with Crippen molar-refractivity contribution in [2.45, 2.75) is 90.3 Å². The molecule has 1 fully saturated rings. The van der Waals surface area contributed by atoms with Crippen molar-refractivity contribution in [3.63, 3.8) is 0 Å². The Morgan fingerprint density at radius 2 is 1.22 bits per heavy atom. The van der Waals surface area contributed by atoms with Gasteiger partial charge in [0.2, 0.25) is 0 Å². The van der Waals surface area contributed by atoms with E-state index in [1.165, 1.54) is 77.0 Å². The van der Waals surface area contributed by atoms with Gasteiger partial charge in [0.1, 0.15) is 6.61 Å². The highest BCUT2D eigenvalue weighted by molar-refractivity contribution is 4.55. The largest absolute Gasteiger partial charge is 0.350 e. The van der Waals surface area contributed by atoms with E-state index in [0.29, 0.717) is 0 Å². The molecule has 0 saturated carbocycles. The molecule has 0 amide bonds. The molecule has 2 heteroatoms. The summed E-state index contributed by atoms with van der Waals surface area (Å²) in [6.45, 7) is 3.99. The van der Waals surface area contributed by atoms with Crippen LogP contribution < -0.4 is 0 Å². The van der Waals surface area contributed by atoms with Crippen LogP contribution in [0.2, 0.25) is 0 Å². The summed E-state index contributed by atoms with van der Waals surface area (Å²) >= 11 is 0. The number of unbranched alkanes of at least 4 members (excludes halogenated alkanes) is 11. The summed E-state index contributed by atoms with van der Waals surface area (Å²) < 4.78 is 10.4. The van der Waals surface area contributed by atoms with Gasteiger partial charge in [-0.25, -0.2) is 0 Å². The summed E-state index contributed by atoms with van der Waals surface area (Å²) in [5.41, 5.74) is 0. The zero-order valence-electron chi connectivity index (χ0n) is 12.3. The molecule has 18 heavy (non-hydrogen) atoms. The molecule has 2 nitrogen and oxygen atoms in total. The van der Waals surface area contributed by atoms with Crippen LogP contribution in [0.25, 0.3) is 0 Å². The molecule has 1 heterocycles. The Balaban J connectivity index is 1.60. The van der Waals surface area contributed by atoms with Crippen molar-refractivity contribution in [2.75, 3.05) is 13.2 Å². The Bertz CT molecular complexity index is 166. The lowest BCUT2D eigenvalue weighted by molar-refractivity contribution is 0.0478. The van der Waals surface area contributed by atoms with Gasteiger partial charge < -0.3 is 9.47 Å². The van der Waals surface area contributed by atoms with Crippen LogP contribution in [0, 0.1) is 0 Å². The molecular weight excluding hydrogens is 224 g/mol. The van der Waals surface area contributed by atoms with E-state index in [-0.39, 0.29) is 6.29 Å². The van der Waals surface area contributed by atoms with Crippen LogP contribution in [0.4, 0.5) is 0 Å². The minimum Gasteiger partial charge on any atom is -0.350 e. The summed E-state index contributed by atoms with van der Waals surface area (Å²) in [6, 6.07) is 0. The van der Waals surface area contributed by atoms with Gasteiger partial charge in [-0.2, -0.15) is 0 Å². The standard InChI is InChI=1S/C16H32O2/c1-2-3-4-5-6-7-8-9-10-11-12-13-14-17-16-15-18-16/h16H,2-15H2,1H3. The number of ether oxygens (including phenoxy) is 2. The van der Waals surface area contributed by atoms with Gasteiger partial charge in [-0.05, 0) is 6.42 Å². The molecule has 1 aliphatic heterocycles. The molecule has 0 radical (unpaired) electrons. The topological polar surface area (TPSA) is 21.8 Å². The van der Waals surface area contributed by atoms with Gasteiger partial charge in [0, 0.05) is 6.61 Å². The van der Waals surface area contributed by atoms with Gasteiger partial charge in [0.25, 0.3) is 0 Å². The summed E-state index contributed by atoms with van der Waals surface area (Å²) in [6.07, 6.45) is 16.9. The molecule has 0 bridgehead atoms. The summed E-state index contributed by atoms with van der Waals surface area (Å²) in [7, 11) is 0. The molecule has 1 saturated heterocycles. The monoisotopic (exact) mass is 256 g/mol. The second-order valence-electron chi connectivity index (χ2n) is 5.52. The average molecular weight is 256 g/mol. The van der Waals surface area contributed by atoms with E-state index in [4.69, 9.17) is 9.47 Å². The summed E-state index contributed by atoms with van der Waals surface area (Å²) in [5, 5.41) is 0. The highest BCUT2D eigenvalue weighted by Gasteiger charge is 2.22. The highest BCUT2D eigenvalue weighted by atomic mass is 16.8. The minimum atomic E-state index is 0.151. The summed E-state index contributed by atoms with van der Waals surface area (Å²) in [4.78, 5) is 0. The Morgan fingerprint density at radius 1 is 0.778 bits per heavy atom. The van der Waals surface area contributed by atoms with Crippen LogP contribution in [0.15, 0.2) is 0 Å². The van der Waals surface area contributed by atoms with Crippen molar-refractivity contribution in [3.05, 3.63) is 0 Å². The van der Waals surface area contributed by atoms with E-state index in [1.807, 2.05) is 0 Å². The Hall–Kier alpha value is -0.0800. The molecule has 0 aliphatic carbocycles. The second-order valence-corrected chi connectivity index (χ2v) is 5.52. The molecule has 1 aliphatic rings. The molecule has 0 aromatic carbocycles. The van der Waals surface area contributed by atoms with Crippen molar-refractivity contribution < 1.29 is 9.47 Å². The zero-order chi connectivity index (χ0) is 12.9. The summed E-state index contributed by atoms with van der Waals surface area (Å²) in [5.74, 6) is 0. The predicted octanol–water partition coefficient (Wildman–Crippen LogP) is 5.06. The lowest BCUT2D eigenvalue weighted by atomic mass is 10.1. The molecule has 1 atom stereocenters. The predicted molar refractivity (Wildman–Crippen MR) is 76.8 cm³/mol. The zero-order valence-corrected chi connectivity index (χ0v) is 12.3. The van der Waals surface area contributed by atoms with Crippen LogP contribution in [0.5, 0.6) is 0 Å². The lowest BCUT2D eigenvalue weighted by Crippen LogP contribution is -1.97. The first-order chi connectivity index (χ1) is 8.93. The van der Waals surface area contributed by atoms with Crippen LogP contribution in [-0.2, 0) is 9.47 Å². The normalized spacial score (nSPS) is 18.2. The number of hydrogen-bond donors (Lipinski definition) is 0. The Morgan fingerprint density at radius 3 is 1.67 bits per heavy atom. The van der Waals surface area contributed by atoms with E-state index in [2.05, 4.69) is 6.92 Å². The third-order valence-corrected chi connectivity index (χ3v) is 3.60. The van der Waals surface area contributed by atoms with E-state index in [9.17, 15) is 0 Å². The van der Waals surface area contributed by atoms with Crippen LogP contribution in [0.1, 0.15) is 84.0 Å². The maximum atomic E-state index is 5.42. The number of epoxide rings is 1. The van der Waals surface area contributed by atoms with E-state index in [1.54, 1.807) is 0 Å². The molecular formula is C16H32O2. The van der Waals surface area contributed by atoms with Crippen molar-refractivity contribution in [1.29, 1.82) is 0 Å². The van der Waals surface area contributed by atoms with Gasteiger partial charge in [-0.3, -0.25) is 0 Å². The lowest BCUT2D eigenvalue weighted by Gasteiger charge is -2.03. The SMILES string of the molecule is CCCCCCCCCCCCCCOC1CO1. The fourth-order valence-corrected chi connectivity index (χ4v) is 2.29. The van der Waals surface area contributed by atoms with E-state index >= 15 is 0 Å². The van der Waals surface area contributed by atoms with Gasteiger partial charge in [-0.15, -0.1) is 0 Å². The molecule has 0 aromatic rings.